The Morgan fingerprint density at radius 2 is 1.83 bits per heavy atom. The van der Waals surface area contributed by atoms with E-state index < -0.39 is 6.04 Å². The number of halogens is 2. The van der Waals surface area contributed by atoms with Crippen molar-refractivity contribution in [3.8, 4) is 5.75 Å². The lowest BCUT2D eigenvalue weighted by Crippen LogP contribution is -2.49. The number of hydrogen-bond acceptors (Lipinski definition) is 3. The fourth-order valence-corrected chi connectivity index (χ4v) is 3.58. The number of ether oxygens (including phenoxy) is 1. The molecule has 0 saturated heterocycles. The van der Waals surface area contributed by atoms with Crippen molar-refractivity contribution in [2.45, 2.75) is 47.2 Å². The summed E-state index contributed by atoms with van der Waals surface area (Å²) in [5.74, 6) is 0.118. The molecule has 1 atom stereocenters. The van der Waals surface area contributed by atoms with Gasteiger partial charge in [-0.05, 0) is 75.1 Å². The summed E-state index contributed by atoms with van der Waals surface area (Å²) in [6.45, 7) is 9.92. The van der Waals surface area contributed by atoms with E-state index in [0.29, 0.717) is 27.9 Å². The van der Waals surface area contributed by atoms with Gasteiger partial charge in [-0.1, -0.05) is 35.3 Å². The number of carbonyl (C=O) groups is 2. The number of amides is 2. The normalized spacial score (nSPS) is 11.7. The van der Waals surface area contributed by atoms with Crippen molar-refractivity contribution in [1.29, 1.82) is 0 Å². The third-order valence-corrected chi connectivity index (χ3v) is 5.58. The molecule has 0 unspecified atom stereocenters. The minimum Gasteiger partial charge on any atom is -0.483 e. The molecule has 0 radical (unpaired) electrons. The van der Waals surface area contributed by atoms with Gasteiger partial charge < -0.3 is 15.0 Å². The van der Waals surface area contributed by atoms with Crippen LogP contribution in [0.5, 0.6) is 5.75 Å². The molecule has 2 aromatic carbocycles. The van der Waals surface area contributed by atoms with Gasteiger partial charge in [0.15, 0.2) is 6.61 Å². The lowest BCUT2D eigenvalue weighted by atomic mass is 10.1. The van der Waals surface area contributed by atoms with Crippen LogP contribution < -0.4 is 10.1 Å². The van der Waals surface area contributed by atoms with Crippen LogP contribution in [-0.4, -0.2) is 35.9 Å². The zero-order chi connectivity index (χ0) is 22.4. The van der Waals surface area contributed by atoms with Gasteiger partial charge >= 0.3 is 0 Å². The van der Waals surface area contributed by atoms with Crippen LogP contribution in [0.25, 0.3) is 0 Å². The van der Waals surface area contributed by atoms with E-state index in [1.54, 1.807) is 25.1 Å². The largest absolute Gasteiger partial charge is 0.483 e. The van der Waals surface area contributed by atoms with Gasteiger partial charge in [-0.3, -0.25) is 9.59 Å². The second-order valence-corrected chi connectivity index (χ2v) is 8.17. The van der Waals surface area contributed by atoms with Crippen molar-refractivity contribution in [1.82, 2.24) is 10.2 Å². The maximum Gasteiger partial charge on any atom is 0.261 e. The summed E-state index contributed by atoms with van der Waals surface area (Å²) in [5, 5.41) is 3.71. The molecule has 0 aliphatic heterocycles. The number of nitrogens with one attached hydrogen (secondary N) is 1. The highest BCUT2D eigenvalue weighted by molar-refractivity contribution is 6.35. The third-order valence-electron chi connectivity index (χ3n) is 4.99. The number of likely N-dealkylation sites (N-methyl/N-ethyl adjacent to an activating group) is 1. The molecule has 0 aromatic heterocycles. The first kappa shape index (κ1) is 24.0. The second-order valence-electron chi connectivity index (χ2n) is 7.32. The minimum absolute atomic E-state index is 0.169. The fraction of sp³-hybridized carbons (Fsp3) is 0.391. The van der Waals surface area contributed by atoms with Gasteiger partial charge in [0.1, 0.15) is 11.8 Å². The van der Waals surface area contributed by atoms with E-state index >= 15 is 0 Å². The molecule has 2 aromatic rings. The molecule has 1 N–H and O–H groups in total. The molecule has 0 aliphatic carbocycles. The van der Waals surface area contributed by atoms with Crippen LogP contribution in [0, 0.1) is 20.8 Å². The topological polar surface area (TPSA) is 58.6 Å². The standard InChI is InChI=1S/C23H28Cl2N2O3/c1-6-26-23(29)17(5)27(12-18-7-8-19(24)11-20(18)25)22(28)13-30-21-10-14(2)9-15(3)16(21)4/h7-11,17H,6,12-13H2,1-5H3,(H,26,29)/t17-/m0/s1. The number of benzene rings is 2. The SMILES string of the molecule is CCNC(=O)[C@H](C)N(Cc1ccc(Cl)cc1Cl)C(=O)COc1cc(C)cc(C)c1C. The quantitative estimate of drug-likeness (QED) is 0.624. The average Bonchev–Trinajstić information content (AvgIpc) is 2.68. The molecule has 0 spiro atoms. The van der Waals surface area contributed by atoms with E-state index in [1.165, 1.54) is 4.90 Å². The van der Waals surface area contributed by atoms with Crippen molar-refractivity contribution in [2.24, 2.45) is 0 Å². The summed E-state index contributed by atoms with van der Waals surface area (Å²) >= 11 is 12.3. The van der Waals surface area contributed by atoms with Crippen LogP contribution in [0.2, 0.25) is 10.0 Å². The Hall–Kier alpha value is -2.24. The van der Waals surface area contributed by atoms with Gasteiger partial charge in [0.2, 0.25) is 5.91 Å². The van der Waals surface area contributed by atoms with Crippen LogP contribution in [-0.2, 0) is 16.1 Å². The van der Waals surface area contributed by atoms with Crippen LogP contribution >= 0.6 is 23.2 Å². The van der Waals surface area contributed by atoms with E-state index in [1.807, 2.05) is 33.8 Å². The first-order valence-corrected chi connectivity index (χ1v) is 10.6. The molecule has 2 amide bonds. The van der Waals surface area contributed by atoms with Crippen molar-refractivity contribution < 1.29 is 14.3 Å². The van der Waals surface area contributed by atoms with Crippen molar-refractivity contribution in [3.63, 3.8) is 0 Å². The van der Waals surface area contributed by atoms with Gasteiger partial charge in [-0.15, -0.1) is 0 Å². The summed E-state index contributed by atoms with van der Waals surface area (Å²) in [7, 11) is 0. The summed E-state index contributed by atoms with van der Waals surface area (Å²) in [4.78, 5) is 27.0. The molecular formula is C23H28Cl2N2O3. The van der Waals surface area contributed by atoms with Crippen LogP contribution in [0.1, 0.15) is 36.1 Å². The Kier molecular flexibility index (Phi) is 8.56. The monoisotopic (exact) mass is 450 g/mol. The van der Waals surface area contributed by atoms with Gasteiger partial charge in [0.25, 0.3) is 5.91 Å². The number of carbonyl (C=O) groups excluding carboxylic acids is 2. The minimum atomic E-state index is -0.687. The number of nitrogens with zero attached hydrogens (tertiary/aromatic N) is 1. The highest BCUT2D eigenvalue weighted by Gasteiger charge is 2.27. The molecule has 162 valence electrons. The van der Waals surface area contributed by atoms with Gasteiger partial charge in [-0.25, -0.2) is 0 Å². The summed E-state index contributed by atoms with van der Waals surface area (Å²) in [5.41, 5.74) is 3.84. The fourth-order valence-electron chi connectivity index (χ4n) is 3.11. The third kappa shape index (κ3) is 6.13. The molecule has 7 heteroatoms. The van der Waals surface area contributed by atoms with Gasteiger partial charge in [-0.2, -0.15) is 0 Å². The molecule has 0 bridgehead atoms. The first-order valence-electron chi connectivity index (χ1n) is 9.85. The zero-order valence-corrected chi connectivity index (χ0v) is 19.5. The second kappa shape index (κ2) is 10.7. The Morgan fingerprint density at radius 1 is 1.13 bits per heavy atom. The van der Waals surface area contributed by atoms with Crippen LogP contribution in [0.4, 0.5) is 0 Å². The Morgan fingerprint density at radius 3 is 2.47 bits per heavy atom. The average molecular weight is 451 g/mol. The molecule has 0 aliphatic rings. The van der Waals surface area contributed by atoms with E-state index in [0.717, 1.165) is 16.7 Å². The lowest BCUT2D eigenvalue weighted by molar-refractivity contribution is -0.142. The Bertz CT molecular complexity index is 931. The predicted molar refractivity (Wildman–Crippen MR) is 121 cm³/mol. The predicted octanol–water partition coefficient (Wildman–Crippen LogP) is 4.85. The van der Waals surface area contributed by atoms with E-state index in [-0.39, 0.29) is 25.0 Å². The molecule has 5 nitrogen and oxygen atoms in total. The first-order chi connectivity index (χ1) is 14.1. The van der Waals surface area contributed by atoms with Gasteiger partial charge in [0, 0.05) is 23.1 Å². The molecule has 0 fully saturated rings. The van der Waals surface area contributed by atoms with Crippen molar-refractivity contribution in [3.05, 3.63) is 62.6 Å². The van der Waals surface area contributed by atoms with Crippen molar-refractivity contribution >= 4 is 35.0 Å². The van der Waals surface area contributed by atoms with E-state index in [9.17, 15) is 9.59 Å². The lowest BCUT2D eigenvalue weighted by Gasteiger charge is -2.29. The Balaban J connectivity index is 2.24. The van der Waals surface area contributed by atoms with E-state index in [4.69, 9.17) is 27.9 Å². The Labute approximate surface area is 188 Å². The molecule has 2 rings (SSSR count). The number of rotatable bonds is 8. The number of hydrogen-bond donors (Lipinski definition) is 1. The number of aryl methyl sites for hydroxylation is 2. The highest BCUT2D eigenvalue weighted by Crippen LogP contribution is 2.25. The van der Waals surface area contributed by atoms with Gasteiger partial charge in [0.05, 0.1) is 0 Å². The summed E-state index contributed by atoms with van der Waals surface area (Å²) in [6, 6.07) is 8.36. The molecular weight excluding hydrogens is 423 g/mol. The molecule has 0 heterocycles. The smallest absolute Gasteiger partial charge is 0.261 e. The maximum atomic E-state index is 13.1. The van der Waals surface area contributed by atoms with Crippen LogP contribution in [0.3, 0.4) is 0 Å². The zero-order valence-electron chi connectivity index (χ0n) is 18.0. The summed E-state index contributed by atoms with van der Waals surface area (Å²) < 4.78 is 5.84. The molecule has 0 saturated carbocycles. The van der Waals surface area contributed by atoms with Crippen LogP contribution in [0.15, 0.2) is 30.3 Å². The molecule has 30 heavy (non-hydrogen) atoms. The highest BCUT2D eigenvalue weighted by atomic mass is 35.5. The maximum absolute atomic E-state index is 13.1. The van der Waals surface area contributed by atoms with Crippen molar-refractivity contribution in [2.75, 3.05) is 13.2 Å². The van der Waals surface area contributed by atoms with E-state index in [2.05, 4.69) is 11.4 Å². The summed E-state index contributed by atoms with van der Waals surface area (Å²) in [6.07, 6.45) is 0.